The van der Waals surface area contributed by atoms with Gasteiger partial charge in [-0.05, 0) is 12.8 Å². The van der Waals surface area contributed by atoms with Crippen molar-refractivity contribution in [2.75, 3.05) is 13.7 Å². The van der Waals surface area contributed by atoms with Gasteiger partial charge >= 0.3 is 5.97 Å². The molecule has 0 spiro atoms. The van der Waals surface area contributed by atoms with Crippen LogP contribution in [0.25, 0.3) is 0 Å². The Morgan fingerprint density at radius 3 is 2.05 bits per heavy atom. The number of carboxylic acid groups (broad SMARTS) is 1. The molecule has 0 aromatic carbocycles. The number of nitrogens with one attached hydrogen (secondary N) is 1. The van der Waals surface area contributed by atoms with Crippen LogP contribution in [0.4, 0.5) is 0 Å². The molecule has 0 saturated heterocycles. The molecule has 5 nitrogen and oxygen atoms in total. The number of aliphatic carboxylic acids is 1. The number of carbonyl (C=O) groups is 1. The zero-order valence-electron chi connectivity index (χ0n) is 13.6. The van der Waals surface area contributed by atoms with Crippen molar-refractivity contribution in [3.05, 3.63) is 0 Å². The van der Waals surface area contributed by atoms with Gasteiger partial charge in [-0.3, -0.25) is 10.1 Å². The summed E-state index contributed by atoms with van der Waals surface area (Å²) in [5.41, 5.74) is 0. The molecule has 0 aliphatic rings. The van der Waals surface area contributed by atoms with Gasteiger partial charge in [0.25, 0.3) is 0 Å². The Kier molecular flexibility index (Phi) is 13.9. The van der Waals surface area contributed by atoms with E-state index in [1.807, 2.05) is 0 Å². The molecule has 0 aromatic heterocycles. The largest absolute Gasteiger partial charge is 0.480 e. The Hall–Kier alpha value is -0.650. The van der Waals surface area contributed by atoms with E-state index in [2.05, 4.69) is 12.2 Å². The van der Waals surface area contributed by atoms with Crippen LogP contribution < -0.4 is 5.32 Å². The molecular weight excluding hydrogens is 270 g/mol. The van der Waals surface area contributed by atoms with E-state index in [0.29, 0.717) is 6.42 Å². The molecule has 2 unspecified atom stereocenters. The quantitative estimate of drug-likeness (QED) is 0.320. The topological polar surface area (TPSA) is 78.8 Å². The smallest absolute Gasteiger partial charge is 0.323 e. The second-order valence-corrected chi connectivity index (χ2v) is 5.65. The molecular formula is C16H33NO4. The van der Waals surface area contributed by atoms with E-state index in [0.717, 1.165) is 12.8 Å². The third-order valence-corrected chi connectivity index (χ3v) is 3.61. The standard InChI is InChI=1S/C16H33NO4/c1-3-4-5-6-7-8-9-10-11-12-15(18)17-14(13-21-2)16(19)20/h14-15,17-18H,3-13H2,1-2H3,(H,19,20). The molecule has 0 heterocycles. The van der Waals surface area contributed by atoms with E-state index in [9.17, 15) is 9.90 Å². The minimum Gasteiger partial charge on any atom is -0.480 e. The molecule has 0 aliphatic carbocycles. The lowest BCUT2D eigenvalue weighted by Gasteiger charge is -2.18. The first-order valence-electron chi connectivity index (χ1n) is 8.27. The number of carboxylic acids is 1. The van der Waals surface area contributed by atoms with E-state index in [4.69, 9.17) is 9.84 Å². The Morgan fingerprint density at radius 2 is 1.57 bits per heavy atom. The predicted molar refractivity (Wildman–Crippen MR) is 84.3 cm³/mol. The van der Waals surface area contributed by atoms with E-state index in [-0.39, 0.29) is 6.61 Å². The van der Waals surface area contributed by atoms with Crippen molar-refractivity contribution in [1.82, 2.24) is 5.32 Å². The predicted octanol–water partition coefficient (Wildman–Crippen LogP) is 2.91. The Labute approximate surface area is 129 Å². The Bertz CT molecular complexity index is 248. The number of aliphatic hydroxyl groups excluding tert-OH is 1. The second-order valence-electron chi connectivity index (χ2n) is 5.65. The Balaban J connectivity index is 3.48. The van der Waals surface area contributed by atoms with Crippen LogP contribution >= 0.6 is 0 Å². The van der Waals surface area contributed by atoms with Crippen molar-refractivity contribution in [1.29, 1.82) is 0 Å². The number of hydrogen-bond donors (Lipinski definition) is 3. The zero-order valence-corrected chi connectivity index (χ0v) is 13.6. The monoisotopic (exact) mass is 303 g/mol. The van der Waals surface area contributed by atoms with E-state index >= 15 is 0 Å². The van der Waals surface area contributed by atoms with E-state index in [1.165, 1.54) is 52.1 Å². The van der Waals surface area contributed by atoms with Crippen molar-refractivity contribution < 1.29 is 19.7 Å². The SMILES string of the molecule is CCCCCCCCCCCC(O)NC(COC)C(=O)O. The summed E-state index contributed by atoms with van der Waals surface area (Å²) < 4.78 is 4.81. The van der Waals surface area contributed by atoms with Crippen LogP contribution in [0.1, 0.15) is 71.1 Å². The number of rotatable bonds is 15. The lowest BCUT2D eigenvalue weighted by molar-refractivity contribution is -0.142. The van der Waals surface area contributed by atoms with Crippen molar-refractivity contribution in [3.8, 4) is 0 Å². The summed E-state index contributed by atoms with van der Waals surface area (Å²) in [6.07, 6.45) is 10.9. The first-order valence-corrected chi connectivity index (χ1v) is 8.27. The third kappa shape index (κ3) is 12.8. The molecule has 2 atom stereocenters. The van der Waals surface area contributed by atoms with Gasteiger partial charge in [0.05, 0.1) is 6.61 Å². The van der Waals surface area contributed by atoms with Gasteiger partial charge in [-0.25, -0.2) is 0 Å². The summed E-state index contributed by atoms with van der Waals surface area (Å²) in [6.45, 7) is 2.28. The maximum Gasteiger partial charge on any atom is 0.323 e. The molecule has 5 heteroatoms. The van der Waals surface area contributed by atoms with Gasteiger partial charge in [-0.2, -0.15) is 0 Å². The molecule has 0 saturated carbocycles. The van der Waals surface area contributed by atoms with Crippen molar-refractivity contribution in [2.45, 2.75) is 83.4 Å². The maximum atomic E-state index is 10.9. The average Bonchev–Trinajstić information content (AvgIpc) is 2.45. The van der Waals surface area contributed by atoms with E-state index in [1.54, 1.807) is 0 Å². The lowest BCUT2D eigenvalue weighted by atomic mass is 10.1. The van der Waals surface area contributed by atoms with Gasteiger partial charge in [0.2, 0.25) is 0 Å². The Morgan fingerprint density at radius 1 is 1.05 bits per heavy atom. The number of hydrogen-bond acceptors (Lipinski definition) is 4. The highest BCUT2D eigenvalue weighted by Gasteiger charge is 2.19. The molecule has 0 aromatic rings. The second kappa shape index (κ2) is 14.3. The van der Waals surface area contributed by atoms with Gasteiger partial charge in [0, 0.05) is 7.11 Å². The molecule has 0 amide bonds. The lowest BCUT2D eigenvalue weighted by Crippen LogP contribution is -2.46. The number of aliphatic hydroxyl groups is 1. The molecule has 0 fully saturated rings. The summed E-state index contributed by atoms with van der Waals surface area (Å²) in [5, 5.41) is 21.4. The average molecular weight is 303 g/mol. The molecule has 0 aliphatic heterocycles. The number of unbranched alkanes of at least 4 members (excludes halogenated alkanes) is 8. The number of ether oxygens (including phenoxy) is 1. The highest BCUT2D eigenvalue weighted by molar-refractivity contribution is 5.73. The van der Waals surface area contributed by atoms with Crippen LogP contribution in [0.15, 0.2) is 0 Å². The van der Waals surface area contributed by atoms with Crippen LogP contribution in [0.3, 0.4) is 0 Å². The fourth-order valence-electron chi connectivity index (χ4n) is 2.32. The van der Waals surface area contributed by atoms with E-state index < -0.39 is 18.2 Å². The molecule has 0 rings (SSSR count). The first-order chi connectivity index (χ1) is 10.1. The minimum absolute atomic E-state index is 0.0597. The highest BCUT2D eigenvalue weighted by atomic mass is 16.5. The van der Waals surface area contributed by atoms with Gasteiger partial charge in [-0.15, -0.1) is 0 Å². The van der Waals surface area contributed by atoms with Crippen molar-refractivity contribution in [3.63, 3.8) is 0 Å². The summed E-state index contributed by atoms with van der Waals surface area (Å²) in [5.74, 6) is -0.997. The van der Waals surface area contributed by atoms with Crippen LogP contribution in [0, 0.1) is 0 Å². The van der Waals surface area contributed by atoms with Crippen LogP contribution in [-0.2, 0) is 9.53 Å². The van der Waals surface area contributed by atoms with Crippen molar-refractivity contribution in [2.24, 2.45) is 0 Å². The minimum atomic E-state index is -0.997. The maximum absolute atomic E-state index is 10.9. The van der Waals surface area contributed by atoms with Gasteiger partial charge in [0.15, 0.2) is 0 Å². The summed E-state index contributed by atoms with van der Waals surface area (Å²) in [7, 11) is 1.45. The van der Waals surface area contributed by atoms with Crippen molar-refractivity contribution >= 4 is 5.97 Å². The van der Waals surface area contributed by atoms with Gasteiger partial charge < -0.3 is 14.9 Å². The fourth-order valence-corrected chi connectivity index (χ4v) is 2.32. The zero-order chi connectivity index (χ0) is 15.9. The normalized spacial score (nSPS) is 14.0. The van der Waals surface area contributed by atoms with Gasteiger partial charge in [0.1, 0.15) is 12.3 Å². The highest BCUT2D eigenvalue weighted by Crippen LogP contribution is 2.11. The van der Waals surface area contributed by atoms with Crippen LogP contribution in [-0.4, -0.2) is 42.2 Å². The molecule has 0 radical (unpaired) electrons. The van der Waals surface area contributed by atoms with Crippen LogP contribution in [0.5, 0.6) is 0 Å². The summed E-state index contributed by atoms with van der Waals surface area (Å²) >= 11 is 0. The summed E-state index contributed by atoms with van der Waals surface area (Å²) in [6, 6.07) is -0.844. The molecule has 126 valence electrons. The molecule has 0 bridgehead atoms. The number of methoxy groups -OCH3 is 1. The summed E-state index contributed by atoms with van der Waals surface area (Å²) in [4.78, 5) is 10.9. The molecule has 3 N–H and O–H groups in total. The van der Waals surface area contributed by atoms with Crippen LogP contribution in [0.2, 0.25) is 0 Å². The molecule has 21 heavy (non-hydrogen) atoms. The first kappa shape index (κ1) is 20.3. The van der Waals surface area contributed by atoms with Gasteiger partial charge in [-0.1, -0.05) is 58.3 Å². The fraction of sp³-hybridized carbons (Fsp3) is 0.938. The third-order valence-electron chi connectivity index (χ3n) is 3.61.